The van der Waals surface area contributed by atoms with Crippen LogP contribution < -0.4 is 4.90 Å². The lowest BCUT2D eigenvalue weighted by molar-refractivity contribution is -0.385. The number of nitro groups is 1. The molecule has 0 bridgehead atoms. The summed E-state index contributed by atoms with van der Waals surface area (Å²) in [6, 6.07) is 2.69. The molecule has 0 heterocycles. The van der Waals surface area contributed by atoms with Crippen molar-refractivity contribution >= 4 is 17.3 Å². The molecule has 21 heavy (non-hydrogen) atoms. The number of halogens is 3. The van der Waals surface area contributed by atoms with Crippen LogP contribution in [0.25, 0.3) is 0 Å². The van der Waals surface area contributed by atoms with Crippen LogP contribution >= 0.6 is 0 Å². The largest absolute Gasteiger partial charge is 0.477 e. The molecule has 0 spiro atoms. The standard InChI is InChI=1S/C12H11F3N2O4/c13-12(14,15)6-16(7-1-2-7)8-3-4-9(11(18)19)10(5-8)17(20)21/h3-5,7H,1-2,6H2,(H,18,19). The molecule has 1 saturated carbocycles. The molecule has 0 atom stereocenters. The van der Waals surface area contributed by atoms with E-state index >= 15 is 0 Å². The van der Waals surface area contributed by atoms with Crippen molar-refractivity contribution in [3.05, 3.63) is 33.9 Å². The molecule has 9 heteroatoms. The first-order chi connectivity index (χ1) is 9.69. The number of hydrogen-bond donors (Lipinski definition) is 1. The minimum absolute atomic E-state index is 0.00604. The number of nitro benzene ring substituents is 1. The van der Waals surface area contributed by atoms with E-state index in [0.29, 0.717) is 12.8 Å². The first-order valence-electron chi connectivity index (χ1n) is 6.04. The number of aromatic carboxylic acids is 1. The highest BCUT2D eigenvalue weighted by Crippen LogP contribution is 2.36. The summed E-state index contributed by atoms with van der Waals surface area (Å²) in [6.45, 7) is -1.22. The number of anilines is 1. The fraction of sp³-hybridized carbons (Fsp3) is 0.417. The molecule has 0 unspecified atom stereocenters. The molecule has 2 rings (SSSR count). The van der Waals surface area contributed by atoms with Crippen molar-refractivity contribution in [2.24, 2.45) is 0 Å². The van der Waals surface area contributed by atoms with Crippen LogP contribution in [0.15, 0.2) is 18.2 Å². The number of alkyl halides is 3. The van der Waals surface area contributed by atoms with Crippen LogP contribution in [-0.4, -0.2) is 34.8 Å². The molecule has 6 nitrogen and oxygen atoms in total. The van der Waals surface area contributed by atoms with Gasteiger partial charge in [-0.25, -0.2) is 4.79 Å². The highest BCUT2D eigenvalue weighted by Gasteiger charge is 2.39. The van der Waals surface area contributed by atoms with Gasteiger partial charge in [-0.15, -0.1) is 0 Å². The summed E-state index contributed by atoms with van der Waals surface area (Å²) >= 11 is 0. The molecular weight excluding hydrogens is 293 g/mol. The molecule has 0 saturated heterocycles. The number of nitrogens with zero attached hydrogens (tertiary/aromatic N) is 2. The van der Waals surface area contributed by atoms with E-state index in [9.17, 15) is 28.1 Å². The quantitative estimate of drug-likeness (QED) is 0.668. The average Bonchev–Trinajstić information content (AvgIpc) is 3.18. The van der Waals surface area contributed by atoms with E-state index in [4.69, 9.17) is 5.11 Å². The molecule has 1 aromatic carbocycles. The predicted octanol–water partition coefficient (Wildman–Crippen LogP) is 2.82. The molecule has 1 fully saturated rings. The summed E-state index contributed by atoms with van der Waals surface area (Å²) < 4.78 is 37.7. The maximum atomic E-state index is 12.6. The van der Waals surface area contributed by atoms with Gasteiger partial charge in [-0.2, -0.15) is 13.2 Å². The van der Waals surface area contributed by atoms with Crippen molar-refractivity contribution in [3.8, 4) is 0 Å². The smallest absolute Gasteiger partial charge is 0.405 e. The first kappa shape index (κ1) is 15.1. The van der Waals surface area contributed by atoms with E-state index in [-0.39, 0.29) is 11.7 Å². The molecule has 0 amide bonds. The van der Waals surface area contributed by atoms with E-state index in [1.807, 2.05) is 0 Å². The Bertz CT molecular complexity index is 584. The van der Waals surface area contributed by atoms with E-state index in [0.717, 1.165) is 17.0 Å². The SMILES string of the molecule is O=C(O)c1ccc(N(CC(F)(F)F)C2CC2)cc1[N+](=O)[O-]. The van der Waals surface area contributed by atoms with E-state index in [2.05, 4.69) is 0 Å². The Labute approximate surface area is 116 Å². The second-order valence-corrected chi connectivity index (χ2v) is 4.74. The van der Waals surface area contributed by atoms with Crippen LogP contribution in [-0.2, 0) is 0 Å². The Kier molecular flexibility index (Phi) is 3.75. The van der Waals surface area contributed by atoms with Crippen LogP contribution in [0.5, 0.6) is 0 Å². The second kappa shape index (κ2) is 5.23. The Morgan fingerprint density at radius 3 is 2.48 bits per heavy atom. The first-order valence-corrected chi connectivity index (χ1v) is 6.04. The van der Waals surface area contributed by atoms with Crippen LogP contribution in [0.3, 0.4) is 0 Å². The van der Waals surface area contributed by atoms with Crippen molar-refractivity contribution in [1.82, 2.24) is 0 Å². The van der Waals surface area contributed by atoms with Gasteiger partial charge >= 0.3 is 12.1 Å². The van der Waals surface area contributed by atoms with E-state index in [1.54, 1.807) is 0 Å². The van der Waals surface area contributed by atoms with Crippen molar-refractivity contribution in [2.75, 3.05) is 11.4 Å². The Balaban J connectivity index is 2.40. The van der Waals surface area contributed by atoms with Crippen LogP contribution in [0, 0.1) is 10.1 Å². The highest BCUT2D eigenvalue weighted by atomic mass is 19.4. The fourth-order valence-electron chi connectivity index (χ4n) is 2.04. The molecule has 0 radical (unpaired) electrons. The minimum atomic E-state index is -4.44. The number of carboxylic acid groups (broad SMARTS) is 1. The lowest BCUT2D eigenvalue weighted by Crippen LogP contribution is -2.36. The van der Waals surface area contributed by atoms with Crippen molar-refractivity contribution in [3.63, 3.8) is 0 Å². The zero-order valence-corrected chi connectivity index (χ0v) is 10.6. The van der Waals surface area contributed by atoms with E-state index in [1.165, 1.54) is 6.07 Å². The van der Waals surface area contributed by atoms with Gasteiger partial charge in [0.25, 0.3) is 5.69 Å². The monoisotopic (exact) mass is 304 g/mol. The van der Waals surface area contributed by atoms with Gasteiger partial charge in [0.2, 0.25) is 0 Å². The van der Waals surface area contributed by atoms with Crippen molar-refractivity contribution < 1.29 is 28.0 Å². The Morgan fingerprint density at radius 2 is 2.05 bits per heavy atom. The van der Waals surface area contributed by atoms with Gasteiger partial charge in [-0.3, -0.25) is 10.1 Å². The molecule has 1 aliphatic rings. The van der Waals surface area contributed by atoms with Crippen LogP contribution in [0.4, 0.5) is 24.5 Å². The summed E-state index contributed by atoms with van der Waals surface area (Å²) in [5.41, 5.74) is -1.26. The molecule has 0 aromatic heterocycles. The molecular formula is C12H11F3N2O4. The third-order valence-corrected chi connectivity index (χ3v) is 3.08. The van der Waals surface area contributed by atoms with Gasteiger partial charge < -0.3 is 10.0 Å². The molecule has 1 aromatic rings. The number of rotatable bonds is 5. The summed E-state index contributed by atoms with van der Waals surface area (Å²) in [4.78, 5) is 21.9. The molecule has 0 aliphatic heterocycles. The van der Waals surface area contributed by atoms with Crippen molar-refractivity contribution in [1.29, 1.82) is 0 Å². The number of carbonyl (C=O) groups is 1. The van der Waals surface area contributed by atoms with Crippen LogP contribution in [0.1, 0.15) is 23.2 Å². The molecule has 114 valence electrons. The third kappa shape index (κ3) is 3.61. The van der Waals surface area contributed by atoms with E-state index < -0.39 is 34.9 Å². The molecule has 1 aliphatic carbocycles. The summed E-state index contributed by atoms with van der Waals surface area (Å²) in [5.74, 6) is -1.50. The minimum Gasteiger partial charge on any atom is -0.477 e. The van der Waals surface area contributed by atoms with Gasteiger partial charge in [-0.05, 0) is 25.0 Å². The summed E-state index contributed by atoms with van der Waals surface area (Å²) in [5, 5.41) is 19.7. The molecule has 1 N–H and O–H groups in total. The topological polar surface area (TPSA) is 83.7 Å². The maximum Gasteiger partial charge on any atom is 0.405 e. The Morgan fingerprint density at radius 1 is 1.43 bits per heavy atom. The maximum absolute atomic E-state index is 12.6. The lowest BCUT2D eigenvalue weighted by Gasteiger charge is -2.25. The second-order valence-electron chi connectivity index (χ2n) is 4.74. The normalized spacial score (nSPS) is 14.8. The van der Waals surface area contributed by atoms with Gasteiger partial charge in [0.05, 0.1) is 4.92 Å². The summed E-state index contributed by atoms with van der Waals surface area (Å²) in [7, 11) is 0. The number of hydrogen-bond acceptors (Lipinski definition) is 4. The Hall–Kier alpha value is -2.32. The van der Waals surface area contributed by atoms with Crippen molar-refractivity contribution in [2.45, 2.75) is 25.1 Å². The fourth-order valence-corrected chi connectivity index (χ4v) is 2.04. The third-order valence-electron chi connectivity index (χ3n) is 3.08. The van der Waals surface area contributed by atoms with Gasteiger partial charge in [-0.1, -0.05) is 0 Å². The van der Waals surface area contributed by atoms with Crippen LogP contribution in [0.2, 0.25) is 0 Å². The van der Waals surface area contributed by atoms with Gasteiger partial charge in [0.1, 0.15) is 12.1 Å². The van der Waals surface area contributed by atoms with Gasteiger partial charge in [0.15, 0.2) is 0 Å². The number of carboxylic acids is 1. The number of benzene rings is 1. The summed E-state index contributed by atoms with van der Waals surface area (Å²) in [6.07, 6.45) is -3.29. The predicted molar refractivity (Wildman–Crippen MR) is 66.5 cm³/mol. The lowest BCUT2D eigenvalue weighted by atomic mass is 10.1. The zero-order chi connectivity index (χ0) is 15.8. The average molecular weight is 304 g/mol. The van der Waals surface area contributed by atoms with Gasteiger partial charge in [0, 0.05) is 17.8 Å². The highest BCUT2D eigenvalue weighted by molar-refractivity contribution is 5.93. The zero-order valence-electron chi connectivity index (χ0n) is 10.6.